The first-order chi connectivity index (χ1) is 8.68. The predicted molar refractivity (Wildman–Crippen MR) is 65.1 cm³/mol. The second kappa shape index (κ2) is 5.57. The fraction of sp³-hybridized carbons (Fsp3) is 0.286. The van der Waals surface area contributed by atoms with E-state index in [1.807, 2.05) is 0 Å². The molecule has 2 rings (SSSR count). The van der Waals surface area contributed by atoms with Gasteiger partial charge >= 0.3 is 7.82 Å². The van der Waals surface area contributed by atoms with Crippen LogP contribution in [0.25, 0.3) is 0 Å². The number of aliphatic hydroxyl groups is 1. The summed E-state index contributed by atoms with van der Waals surface area (Å²) in [6, 6.07) is 0. The van der Waals surface area contributed by atoms with Gasteiger partial charge in [0.1, 0.15) is 25.0 Å². The summed E-state index contributed by atoms with van der Waals surface area (Å²) < 4.78 is 8.88. The van der Waals surface area contributed by atoms with Gasteiger partial charge in [0.2, 0.25) is 11.4 Å². The summed E-state index contributed by atoms with van der Waals surface area (Å²) in [5.41, 5.74) is 4.24. The molecule has 11 nitrogen and oxygen atoms in total. The van der Waals surface area contributed by atoms with E-state index in [9.17, 15) is 4.79 Å². The highest BCUT2D eigenvalue weighted by Gasteiger charge is 2.43. The molecule has 1 unspecified atom stereocenters. The van der Waals surface area contributed by atoms with Crippen LogP contribution in [-0.4, -0.2) is 62.1 Å². The first kappa shape index (κ1) is 15.4. The van der Waals surface area contributed by atoms with Crippen LogP contribution < -0.4 is 5.73 Å². The summed E-state index contributed by atoms with van der Waals surface area (Å²) in [6.07, 6.45) is 2.39. The van der Waals surface area contributed by atoms with Crippen molar-refractivity contribution in [2.45, 2.75) is 5.66 Å². The lowest BCUT2D eigenvalue weighted by Crippen LogP contribution is -2.57. The second-order valence-corrected chi connectivity index (χ2v) is 4.31. The largest absolute Gasteiger partial charge is 0.466 e. The van der Waals surface area contributed by atoms with Gasteiger partial charge in [-0.3, -0.25) is 10.5 Å². The maximum Gasteiger partial charge on any atom is 0.466 e. The lowest BCUT2D eigenvalue weighted by molar-refractivity contribution is -0.124. The predicted octanol–water partition coefficient (Wildman–Crippen LogP) is -2.80. The number of fused-ring (bicyclic) bond motifs is 1. The molecule has 2 aliphatic rings. The van der Waals surface area contributed by atoms with E-state index in [0.717, 1.165) is 6.34 Å². The minimum atomic E-state index is -4.64. The minimum Gasteiger partial charge on any atom is -0.388 e. The van der Waals surface area contributed by atoms with Crippen LogP contribution in [0, 0.1) is 0 Å². The number of ketones is 1. The Balaban J connectivity index is 0.000000312. The molecule has 12 heteroatoms. The van der Waals surface area contributed by atoms with Gasteiger partial charge in [-0.1, -0.05) is 0 Å². The van der Waals surface area contributed by atoms with Crippen LogP contribution in [0.2, 0.25) is 0 Å². The van der Waals surface area contributed by atoms with Crippen molar-refractivity contribution in [2.24, 2.45) is 25.7 Å². The van der Waals surface area contributed by atoms with E-state index in [2.05, 4.69) is 20.0 Å². The van der Waals surface area contributed by atoms with E-state index in [0.29, 0.717) is 0 Å². The van der Waals surface area contributed by atoms with Crippen LogP contribution in [0.4, 0.5) is 0 Å². The number of phosphoric acid groups is 1. The van der Waals surface area contributed by atoms with E-state index in [1.54, 1.807) is 0 Å². The normalized spacial score (nSPS) is 24.1. The van der Waals surface area contributed by atoms with Crippen molar-refractivity contribution >= 4 is 37.8 Å². The Kier molecular flexibility index (Phi) is 4.52. The molecule has 0 bridgehead atoms. The fourth-order valence-electron chi connectivity index (χ4n) is 1.18. The van der Waals surface area contributed by atoms with Crippen molar-refractivity contribution in [3.63, 3.8) is 0 Å². The van der Waals surface area contributed by atoms with Crippen molar-refractivity contribution in [2.75, 3.05) is 6.61 Å². The van der Waals surface area contributed by atoms with Crippen molar-refractivity contribution in [1.82, 2.24) is 0 Å². The monoisotopic (exact) mass is 291 g/mol. The first-order valence-electron chi connectivity index (χ1n) is 4.62. The van der Waals surface area contributed by atoms with Crippen molar-refractivity contribution in [3.05, 3.63) is 0 Å². The maximum absolute atomic E-state index is 11.4. The quantitative estimate of drug-likeness (QED) is 0.339. The van der Waals surface area contributed by atoms with E-state index in [4.69, 9.17) is 30.1 Å². The zero-order valence-electron chi connectivity index (χ0n) is 9.28. The number of aliphatic hydroxyl groups excluding tert-OH is 1. The molecular weight excluding hydrogens is 281 g/mol. The summed E-state index contributed by atoms with van der Waals surface area (Å²) in [5, 5.41) is 8.73. The lowest BCUT2D eigenvalue weighted by Gasteiger charge is -2.23. The minimum absolute atomic E-state index is 0.180. The van der Waals surface area contributed by atoms with E-state index >= 15 is 0 Å². The summed E-state index contributed by atoms with van der Waals surface area (Å²) >= 11 is 0. The molecule has 6 N–H and O–H groups in total. The van der Waals surface area contributed by atoms with Crippen LogP contribution in [0.5, 0.6) is 0 Å². The van der Waals surface area contributed by atoms with E-state index in [-0.39, 0.29) is 11.5 Å². The number of nitrogens with zero attached hydrogens (tertiary/aromatic N) is 4. The molecule has 0 spiro atoms. The fourth-order valence-corrected chi connectivity index (χ4v) is 1.18. The Morgan fingerprint density at radius 1 is 1.32 bits per heavy atom. The third-order valence-electron chi connectivity index (χ3n) is 1.95. The number of carbonyl (C=O) groups excluding carboxylic acids is 1. The van der Waals surface area contributed by atoms with Gasteiger partial charge in [-0.2, -0.15) is 0 Å². The summed E-state index contributed by atoms with van der Waals surface area (Å²) in [6.45, 7) is -0.694. The van der Waals surface area contributed by atoms with Crippen LogP contribution in [0.3, 0.4) is 0 Å². The summed E-state index contributed by atoms with van der Waals surface area (Å²) in [7, 11) is -4.64. The number of carbonyl (C=O) groups is 1. The molecule has 0 aromatic rings. The molecule has 2 aliphatic heterocycles. The van der Waals surface area contributed by atoms with E-state index in [1.165, 1.54) is 6.34 Å². The Morgan fingerprint density at radius 3 is 2.42 bits per heavy atom. The lowest BCUT2D eigenvalue weighted by atomic mass is 9.99. The highest BCUT2D eigenvalue weighted by Crippen LogP contribution is 2.25. The van der Waals surface area contributed by atoms with Gasteiger partial charge in [-0.15, -0.1) is 0 Å². The number of nitrogens with two attached hydrogens (primary N) is 1. The molecule has 0 aromatic heterocycles. The Labute approximate surface area is 106 Å². The van der Waals surface area contributed by atoms with Gasteiger partial charge in [0.25, 0.3) is 0 Å². The Hall–Kier alpha value is -1.62. The number of rotatable bonds is 2. The molecular formula is C7H10N5O6P. The number of aliphatic imine (C=N–C) groups is 4. The molecule has 0 radical (unpaired) electrons. The van der Waals surface area contributed by atoms with Gasteiger partial charge in [-0.25, -0.2) is 24.5 Å². The Bertz CT molecular complexity index is 540. The van der Waals surface area contributed by atoms with Gasteiger partial charge in [0.05, 0.1) is 0 Å². The van der Waals surface area contributed by atoms with Gasteiger partial charge in [-0.05, 0) is 0 Å². The molecule has 0 amide bonds. The second-order valence-electron chi connectivity index (χ2n) is 3.28. The third kappa shape index (κ3) is 3.92. The highest BCUT2D eigenvalue weighted by atomic mass is 31.2. The van der Waals surface area contributed by atoms with Gasteiger partial charge in [0.15, 0.2) is 5.84 Å². The molecule has 104 valence electrons. The number of hydrogen-bond donors (Lipinski definition) is 5. The first-order valence-corrected chi connectivity index (χ1v) is 6.19. The molecule has 1 atom stereocenters. The number of hydrogen-bond acceptors (Lipinski definition) is 8. The highest BCUT2D eigenvalue weighted by molar-refractivity contribution is 7.45. The van der Waals surface area contributed by atoms with Crippen LogP contribution in [0.1, 0.15) is 0 Å². The average Bonchev–Trinajstić information content (AvgIpc) is 2.75. The maximum atomic E-state index is 11.4. The summed E-state index contributed by atoms with van der Waals surface area (Å²) in [5.74, 6) is -0.366. The molecule has 19 heavy (non-hydrogen) atoms. The molecule has 0 saturated carbocycles. The molecule has 2 heterocycles. The van der Waals surface area contributed by atoms with Crippen LogP contribution in [-0.2, 0) is 9.36 Å². The zero-order valence-corrected chi connectivity index (χ0v) is 10.2. The van der Waals surface area contributed by atoms with Crippen LogP contribution in [0.15, 0.2) is 20.0 Å². The standard InChI is InChI=1S/C7H7N5O2.H3O4P/c8-7(4(14)1-13)5-6(10-2-9-5)11-3-12-7;1-5(2,3)4/h2-3,13H,1,8H2;(H3,1,2,3,4). The SMILES string of the molecule is NC1(C(=O)CO)N=CN=C2N=CN=C21.O=P(O)(O)O. The van der Waals surface area contributed by atoms with Crippen molar-refractivity contribution in [3.8, 4) is 0 Å². The number of Topliss-reactive ketones (excluding diaryl/α,β-unsaturated/α-hetero) is 1. The van der Waals surface area contributed by atoms with Crippen molar-refractivity contribution < 1.29 is 29.1 Å². The third-order valence-corrected chi connectivity index (χ3v) is 1.95. The van der Waals surface area contributed by atoms with Gasteiger partial charge in [0, 0.05) is 0 Å². The molecule has 0 aliphatic carbocycles. The van der Waals surface area contributed by atoms with Crippen molar-refractivity contribution in [1.29, 1.82) is 0 Å². The zero-order chi connectivity index (χ0) is 14.7. The van der Waals surface area contributed by atoms with Gasteiger partial charge < -0.3 is 19.8 Å². The molecule has 0 aromatic carbocycles. The average molecular weight is 291 g/mol. The number of amidine groups is 1. The van der Waals surface area contributed by atoms with Crippen LogP contribution >= 0.6 is 7.82 Å². The molecule has 0 fully saturated rings. The topological polar surface area (TPSA) is 191 Å². The Morgan fingerprint density at radius 2 is 1.89 bits per heavy atom. The smallest absolute Gasteiger partial charge is 0.388 e. The molecule has 0 saturated heterocycles. The summed E-state index contributed by atoms with van der Waals surface area (Å²) in [4.78, 5) is 48.0. The van der Waals surface area contributed by atoms with E-state index < -0.39 is 25.9 Å².